The third-order valence-electron chi connectivity index (χ3n) is 5.98. The zero-order chi connectivity index (χ0) is 17.4. The monoisotopic (exact) mass is 339 g/mol. The number of rotatable bonds is 5. The van der Waals surface area contributed by atoms with E-state index in [1.54, 1.807) is 13.2 Å². The number of nitrogens with zero attached hydrogens (tertiary/aromatic N) is 1. The largest absolute Gasteiger partial charge is 0.497 e. The minimum absolute atomic E-state index is 0.0723. The number of H-pyrrole nitrogens is 1. The van der Waals surface area contributed by atoms with Crippen LogP contribution in [0.2, 0.25) is 0 Å². The summed E-state index contributed by atoms with van der Waals surface area (Å²) in [7, 11) is 1.64. The van der Waals surface area contributed by atoms with E-state index in [9.17, 15) is 4.79 Å². The van der Waals surface area contributed by atoms with Gasteiger partial charge in [-0.25, -0.2) is 0 Å². The number of benzene rings is 1. The molecule has 1 amide bonds. The van der Waals surface area contributed by atoms with Gasteiger partial charge in [-0.2, -0.15) is 5.10 Å². The first kappa shape index (κ1) is 16.2. The number of hydrogen-bond donors (Lipinski definition) is 2. The number of nitrogens with one attached hydrogen (secondary N) is 2. The van der Waals surface area contributed by atoms with Gasteiger partial charge in [0.15, 0.2) is 0 Å². The summed E-state index contributed by atoms with van der Waals surface area (Å²) in [6, 6.07) is 9.69. The molecule has 25 heavy (non-hydrogen) atoms. The third-order valence-corrected chi connectivity index (χ3v) is 5.98. The molecule has 2 aliphatic rings. The predicted molar refractivity (Wildman–Crippen MR) is 96.4 cm³/mol. The summed E-state index contributed by atoms with van der Waals surface area (Å²) in [5.74, 6) is 3.02. The van der Waals surface area contributed by atoms with Crippen molar-refractivity contribution in [3.8, 4) is 17.0 Å². The third kappa shape index (κ3) is 3.15. The Labute approximate surface area is 148 Å². The Balaban J connectivity index is 1.43. The summed E-state index contributed by atoms with van der Waals surface area (Å²) >= 11 is 0. The molecule has 4 rings (SSSR count). The minimum atomic E-state index is -0.0723. The molecule has 4 unspecified atom stereocenters. The molecule has 4 atom stereocenters. The highest BCUT2D eigenvalue weighted by molar-refractivity contribution is 5.93. The van der Waals surface area contributed by atoms with E-state index in [1.807, 2.05) is 24.3 Å². The van der Waals surface area contributed by atoms with Crippen molar-refractivity contribution in [3.63, 3.8) is 0 Å². The van der Waals surface area contributed by atoms with Gasteiger partial charge >= 0.3 is 0 Å². The number of aromatic nitrogens is 2. The van der Waals surface area contributed by atoms with Crippen LogP contribution in [-0.2, 0) is 0 Å². The number of hydrogen-bond acceptors (Lipinski definition) is 3. The SMILES string of the molecule is COc1cccc(-c2cc(C(=O)NC(C)C3CC4CCC3C4)[nH]n2)c1. The Morgan fingerprint density at radius 3 is 2.92 bits per heavy atom. The summed E-state index contributed by atoms with van der Waals surface area (Å²) < 4.78 is 5.25. The highest BCUT2D eigenvalue weighted by Crippen LogP contribution is 2.49. The molecule has 2 bridgehead atoms. The zero-order valence-electron chi connectivity index (χ0n) is 14.8. The lowest BCUT2D eigenvalue weighted by molar-refractivity contribution is 0.0910. The molecule has 5 nitrogen and oxygen atoms in total. The molecule has 2 saturated carbocycles. The number of amides is 1. The lowest BCUT2D eigenvalue weighted by atomic mass is 9.84. The number of aromatic amines is 1. The topological polar surface area (TPSA) is 67.0 Å². The van der Waals surface area contributed by atoms with Crippen LogP contribution in [0.1, 0.15) is 43.1 Å². The van der Waals surface area contributed by atoms with Crippen molar-refractivity contribution < 1.29 is 9.53 Å². The van der Waals surface area contributed by atoms with Crippen LogP contribution in [0.15, 0.2) is 30.3 Å². The second-order valence-corrected chi connectivity index (χ2v) is 7.50. The summed E-state index contributed by atoms with van der Waals surface area (Å²) in [6.45, 7) is 2.14. The van der Waals surface area contributed by atoms with E-state index in [2.05, 4.69) is 22.4 Å². The molecule has 0 radical (unpaired) electrons. The Bertz CT molecular complexity index is 770. The molecule has 2 fully saturated rings. The molecule has 132 valence electrons. The predicted octanol–water partition coefficient (Wildman–Crippen LogP) is 3.64. The fraction of sp³-hybridized carbons (Fsp3) is 0.500. The lowest BCUT2D eigenvalue weighted by Gasteiger charge is -2.28. The van der Waals surface area contributed by atoms with Crippen LogP contribution in [0.25, 0.3) is 11.3 Å². The van der Waals surface area contributed by atoms with Gasteiger partial charge in [0.25, 0.3) is 5.91 Å². The van der Waals surface area contributed by atoms with Gasteiger partial charge in [-0.3, -0.25) is 9.89 Å². The van der Waals surface area contributed by atoms with E-state index in [4.69, 9.17) is 4.74 Å². The molecule has 2 aliphatic carbocycles. The van der Waals surface area contributed by atoms with Crippen LogP contribution in [0, 0.1) is 17.8 Å². The second-order valence-electron chi connectivity index (χ2n) is 7.50. The van der Waals surface area contributed by atoms with Crippen molar-refractivity contribution in [1.82, 2.24) is 15.5 Å². The highest BCUT2D eigenvalue weighted by Gasteiger charge is 2.42. The molecule has 2 N–H and O–H groups in total. The van der Waals surface area contributed by atoms with E-state index in [0.29, 0.717) is 11.6 Å². The molecule has 1 aromatic carbocycles. The molecule has 1 aromatic heterocycles. The number of carbonyl (C=O) groups excluding carboxylic acids is 1. The van der Waals surface area contributed by atoms with Crippen LogP contribution in [0.4, 0.5) is 0 Å². The Morgan fingerprint density at radius 2 is 2.20 bits per heavy atom. The maximum absolute atomic E-state index is 12.6. The van der Waals surface area contributed by atoms with E-state index in [-0.39, 0.29) is 11.9 Å². The van der Waals surface area contributed by atoms with Crippen molar-refractivity contribution in [2.45, 2.75) is 38.6 Å². The molecular formula is C20H25N3O2. The first-order valence-electron chi connectivity index (χ1n) is 9.14. The molecule has 0 aliphatic heterocycles. The van der Waals surface area contributed by atoms with Crippen molar-refractivity contribution in [3.05, 3.63) is 36.0 Å². The molecule has 0 saturated heterocycles. The van der Waals surface area contributed by atoms with Gasteiger partial charge in [0.05, 0.1) is 12.8 Å². The maximum atomic E-state index is 12.6. The van der Waals surface area contributed by atoms with Gasteiger partial charge in [0.1, 0.15) is 11.4 Å². The molecule has 1 heterocycles. The fourth-order valence-corrected chi connectivity index (χ4v) is 4.67. The van der Waals surface area contributed by atoms with Crippen LogP contribution < -0.4 is 10.1 Å². The van der Waals surface area contributed by atoms with E-state index in [0.717, 1.165) is 28.8 Å². The minimum Gasteiger partial charge on any atom is -0.497 e. The van der Waals surface area contributed by atoms with Crippen molar-refractivity contribution >= 4 is 5.91 Å². The van der Waals surface area contributed by atoms with Crippen molar-refractivity contribution in [2.75, 3.05) is 7.11 Å². The number of ether oxygens (including phenoxy) is 1. The summed E-state index contributed by atoms with van der Waals surface area (Å²) in [6.07, 6.45) is 5.34. The van der Waals surface area contributed by atoms with Gasteiger partial charge in [0.2, 0.25) is 0 Å². The van der Waals surface area contributed by atoms with Crippen LogP contribution in [-0.4, -0.2) is 29.3 Å². The molecule has 0 spiro atoms. The van der Waals surface area contributed by atoms with Crippen LogP contribution in [0.3, 0.4) is 0 Å². The normalized spacial score (nSPS) is 25.8. The van der Waals surface area contributed by atoms with Gasteiger partial charge in [-0.05, 0) is 62.1 Å². The summed E-state index contributed by atoms with van der Waals surface area (Å²) in [5, 5.41) is 10.3. The molecule has 5 heteroatoms. The van der Waals surface area contributed by atoms with Gasteiger partial charge in [-0.1, -0.05) is 18.6 Å². The Hall–Kier alpha value is -2.30. The number of methoxy groups -OCH3 is 1. The average Bonchev–Trinajstić information content (AvgIpc) is 3.37. The Morgan fingerprint density at radius 1 is 1.32 bits per heavy atom. The quantitative estimate of drug-likeness (QED) is 0.874. The van der Waals surface area contributed by atoms with Crippen LogP contribution >= 0.6 is 0 Å². The van der Waals surface area contributed by atoms with Crippen LogP contribution in [0.5, 0.6) is 5.75 Å². The second kappa shape index (κ2) is 6.54. The lowest BCUT2D eigenvalue weighted by Crippen LogP contribution is -2.40. The number of fused-ring (bicyclic) bond motifs is 2. The van der Waals surface area contributed by atoms with E-state index in [1.165, 1.54) is 25.7 Å². The highest BCUT2D eigenvalue weighted by atomic mass is 16.5. The van der Waals surface area contributed by atoms with E-state index >= 15 is 0 Å². The van der Waals surface area contributed by atoms with Gasteiger partial charge < -0.3 is 10.1 Å². The summed E-state index contributed by atoms with van der Waals surface area (Å²) in [5.41, 5.74) is 2.18. The standard InChI is InChI=1S/C20H25N3O2/c1-12(17-9-13-6-7-14(17)8-13)21-20(24)19-11-18(22-23-19)15-4-3-5-16(10-15)25-2/h3-5,10-14,17H,6-9H2,1-2H3,(H,21,24)(H,22,23). The first-order valence-corrected chi connectivity index (χ1v) is 9.14. The van der Waals surface area contributed by atoms with Crippen molar-refractivity contribution in [2.24, 2.45) is 17.8 Å². The number of carbonyl (C=O) groups is 1. The maximum Gasteiger partial charge on any atom is 0.269 e. The molecular weight excluding hydrogens is 314 g/mol. The van der Waals surface area contributed by atoms with Crippen molar-refractivity contribution in [1.29, 1.82) is 0 Å². The zero-order valence-corrected chi connectivity index (χ0v) is 14.8. The fourth-order valence-electron chi connectivity index (χ4n) is 4.67. The van der Waals surface area contributed by atoms with Gasteiger partial charge in [0, 0.05) is 11.6 Å². The molecule has 2 aromatic rings. The Kier molecular flexibility index (Phi) is 4.24. The first-order chi connectivity index (χ1) is 12.1. The van der Waals surface area contributed by atoms with Gasteiger partial charge in [-0.15, -0.1) is 0 Å². The summed E-state index contributed by atoms with van der Waals surface area (Å²) in [4.78, 5) is 12.6. The smallest absolute Gasteiger partial charge is 0.269 e. The van der Waals surface area contributed by atoms with E-state index < -0.39 is 0 Å². The average molecular weight is 339 g/mol.